The lowest BCUT2D eigenvalue weighted by atomic mass is 9.98. The van der Waals surface area contributed by atoms with Gasteiger partial charge in [0.25, 0.3) is 5.91 Å². The van der Waals surface area contributed by atoms with Crippen LogP contribution in [0, 0.1) is 0 Å². The Kier molecular flexibility index (Phi) is 5.72. The number of halogens is 1. The highest BCUT2D eigenvalue weighted by atomic mass is 32.2. The fourth-order valence-corrected chi connectivity index (χ4v) is 6.53. The van der Waals surface area contributed by atoms with Crippen molar-refractivity contribution in [3.05, 3.63) is 107 Å². The third-order valence-corrected chi connectivity index (χ3v) is 8.08. The zero-order chi connectivity index (χ0) is 24.6. The first-order valence-electron chi connectivity index (χ1n) is 10.9. The number of carbonyl (C=O) groups is 2. The number of nitrogens with zero attached hydrogens (tertiary/aromatic N) is 2. The number of β-lactam (4-membered cyclic amide) rings is 1. The van der Waals surface area contributed by atoms with Gasteiger partial charge in [0.15, 0.2) is 21.3 Å². The Morgan fingerprint density at radius 3 is 2.20 bits per heavy atom. The summed E-state index contributed by atoms with van der Waals surface area (Å²) in [4.78, 5) is 30.8. The summed E-state index contributed by atoms with van der Waals surface area (Å²) in [5.41, 5.74) is -1.27. The molecule has 2 fully saturated rings. The maximum Gasteiger partial charge on any atom is 0.347 e. The molecule has 2 saturated heterocycles. The number of carbonyl (C=O) groups excluding carboxylic acids is 2. The minimum Gasteiger partial charge on any atom is -0.450 e. The number of alkyl halides is 1. The van der Waals surface area contributed by atoms with Gasteiger partial charge < -0.3 is 9.64 Å². The Morgan fingerprint density at radius 2 is 1.63 bits per heavy atom. The minimum absolute atomic E-state index is 0.00515. The van der Waals surface area contributed by atoms with E-state index in [9.17, 15) is 18.0 Å². The van der Waals surface area contributed by atoms with Crippen LogP contribution < -0.4 is 0 Å². The lowest BCUT2D eigenvalue weighted by Gasteiger charge is -2.48. The van der Waals surface area contributed by atoms with Gasteiger partial charge in [0, 0.05) is 6.20 Å². The zero-order valence-electron chi connectivity index (χ0n) is 18.5. The van der Waals surface area contributed by atoms with Gasteiger partial charge in [-0.15, -0.1) is 0 Å². The summed E-state index contributed by atoms with van der Waals surface area (Å²) in [7, 11) is -4.21. The number of amides is 1. The van der Waals surface area contributed by atoms with Crippen LogP contribution in [-0.4, -0.2) is 53.5 Å². The van der Waals surface area contributed by atoms with E-state index in [0.29, 0.717) is 16.8 Å². The maximum atomic E-state index is 16.0. The van der Waals surface area contributed by atoms with Crippen molar-refractivity contribution in [3.8, 4) is 0 Å². The molecule has 2 aromatic carbocycles. The predicted octanol–water partition coefficient (Wildman–Crippen LogP) is 3.10. The van der Waals surface area contributed by atoms with Gasteiger partial charge in [-0.25, -0.2) is 17.6 Å². The molecule has 178 valence electrons. The smallest absolute Gasteiger partial charge is 0.347 e. The van der Waals surface area contributed by atoms with E-state index in [1.165, 1.54) is 12.3 Å². The minimum atomic E-state index is -4.21. The molecule has 0 bridgehead atoms. The van der Waals surface area contributed by atoms with Gasteiger partial charge in [-0.05, 0) is 29.3 Å². The van der Waals surface area contributed by atoms with E-state index in [1.54, 1.807) is 78.9 Å². The molecule has 3 aromatic rings. The van der Waals surface area contributed by atoms with Crippen molar-refractivity contribution in [2.75, 3.05) is 12.3 Å². The van der Waals surface area contributed by atoms with Crippen LogP contribution in [0.1, 0.15) is 22.9 Å². The first kappa shape index (κ1) is 22.9. The molecule has 2 aliphatic heterocycles. The first-order valence-corrected chi connectivity index (χ1v) is 12.7. The number of fused-ring (bicyclic) bond motifs is 1. The highest BCUT2D eigenvalue weighted by Crippen LogP contribution is 2.41. The van der Waals surface area contributed by atoms with Gasteiger partial charge in [0.1, 0.15) is 0 Å². The molecule has 2 atom stereocenters. The molecule has 35 heavy (non-hydrogen) atoms. The zero-order valence-corrected chi connectivity index (χ0v) is 19.3. The van der Waals surface area contributed by atoms with Crippen molar-refractivity contribution < 1.29 is 27.1 Å². The number of hydrogen-bond donors (Lipinski definition) is 0. The predicted molar refractivity (Wildman–Crippen MR) is 126 cm³/mol. The first-order chi connectivity index (χ1) is 16.8. The van der Waals surface area contributed by atoms with Gasteiger partial charge >= 0.3 is 5.97 Å². The van der Waals surface area contributed by atoms with Crippen molar-refractivity contribution in [1.29, 1.82) is 0 Å². The molecule has 1 unspecified atom stereocenters. The monoisotopic (exact) mass is 492 g/mol. The van der Waals surface area contributed by atoms with Crippen molar-refractivity contribution in [2.24, 2.45) is 0 Å². The van der Waals surface area contributed by atoms with E-state index >= 15 is 4.39 Å². The summed E-state index contributed by atoms with van der Waals surface area (Å²) in [6.45, 7) is -0.704. The third-order valence-electron chi connectivity index (χ3n) is 6.03. The van der Waals surface area contributed by atoms with Gasteiger partial charge in [-0.1, -0.05) is 66.7 Å². The molecule has 1 amide bonds. The van der Waals surface area contributed by atoms with Crippen molar-refractivity contribution >= 4 is 27.8 Å². The number of rotatable bonds is 5. The molecule has 1 aromatic heterocycles. The van der Waals surface area contributed by atoms with Gasteiger partial charge in [-0.3, -0.25) is 9.78 Å². The molecule has 2 aliphatic rings. The molecule has 9 heteroatoms. The number of benzene rings is 2. The van der Waals surface area contributed by atoms with Crippen molar-refractivity contribution in [1.82, 2.24) is 9.88 Å². The van der Waals surface area contributed by atoms with Crippen LogP contribution >= 0.6 is 0 Å². The van der Waals surface area contributed by atoms with Crippen molar-refractivity contribution in [3.63, 3.8) is 0 Å². The van der Waals surface area contributed by atoms with E-state index < -0.39 is 51.2 Å². The van der Waals surface area contributed by atoms with Crippen LogP contribution in [0.5, 0.6) is 0 Å². The number of esters is 1. The normalized spacial score (nSPS) is 24.1. The lowest BCUT2D eigenvalue weighted by molar-refractivity contribution is -0.164. The van der Waals surface area contributed by atoms with Crippen LogP contribution in [0.2, 0.25) is 0 Å². The maximum absolute atomic E-state index is 16.0. The van der Waals surface area contributed by atoms with Crippen LogP contribution in [-0.2, 0) is 24.2 Å². The number of ether oxygens (including phenoxy) is 1. The number of aromatic nitrogens is 1. The summed E-state index contributed by atoms with van der Waals surface area (Å²) < 4.78 is 47.6. The highest BCUT2D eigenvalue weighted by molar-refractivity contribution is 7.92. The number of hydrogen-bond acceptors (Lipinski definition) is 6. The molecule has 0 spiro atoms. The van der Waals surface area contributed by atoms with E-state index in [0.717, 1.165) is 4.90 Å². The summed E-state index contributed by atoms with van der Waals surface area (Å²) in [5, 5.41) is -1.31. The van der Waals surface area contributed by atoms with E-state index in [4.69, 9.17) is 4.74 Å². The van der Waals surface area contributed by atoms with Crippen LogP contribution in [0.4, 0.5) is 4.39 Å². The summed E-state index contributed by atoms with van der Waals surface area (Å²) in [5.74, 6) is -3.06. The average molecular weight is 493 g/mol. The topological polar surface area (TPSA) is 93.6 Å². The molecule has 3 heterocycles. The molecule has 7 nitrogen and oxygen atoms in total. The second kappa shape index (κ2) is 8.74. The van der Waals surface area contributed by atoms with Crippen LogP contribution in [0.25, 0.3) is 6.08 Å². The molecule has 0 radical (unpaired) electrons. The fourth-order valence-electron chi connectivity index (χ4n) is 4.41. The quantitative estimate of drug-likeness (QED) is 0.309. The lowest BCUT2D eigenvalue weighted by Crippen LogP contribution is -2.70. The Balaban J connectivity index is 1.42. The molecule has 0 aliphatic carbocycles. The molecular weight excluding hydrogens is 471 g/mol. The second-order valence-corrected chi connectivity index (χ2v) is 10.6. The van der Waals surface area contributed by atoms with E-state index in [-0.39, 0.29) is 5.57 Å². The standard InChI is InChI=1S/C26H21FN2O5S/c27-26(25(31)34-22(18-9-3-1-4-10-18)19-11-5-2-6-12-19)16-29-23(30)21(24(29)35(32,33)17-26)15-20-13-7-8-14-28-20/h1-15,22,24H,16-17H2/t24-,26?/m1/s1. The second-order valence-electron chi connectivity index (χ2n) is 8.52. The van der Waals surface area contributed by atoms with E-state index in [2.05, 4.69) is 4.98 Å². The fraction of sp³-hybridized carbons (Fsp3) is 0.192. The number of pyridine rings is 1. The summed E-state index contributed by atoms with van der Waals surface area (Å²) >= 11 is 0. The molecule has 0 N–H and O–H groups in total. The van der Waals surface area contributed by atoms with Crippen LogP contribution in [0.3, 0.4) is 0 Å². The SMILES string of the molecule is O=C1C(=Cc2ccccn2)[C@@H]2N1CC(F)(C(=O)OC(c1ccccc1)c1ccccc1)CS2(=O)=O. The van der Waals surface area contributed by atoms with Crippen LogP contribution in [0.15, 0.2) is 90.6 Å². The Labute approximate surface area is 201 Å². The van der Waals surface area contributed by atoms with E-state index in [1.807, 2.05) is 0 Å². The Morgan fingerprint density at radius 1 is 1.03 bits per heavy atom. The van der Waals surface area contributed by atoms with Gasteiger partial charge in [0.2, 0.25) is 5.67 Å². The Hall–Kier alpha value is -3.85. The summed E-state index contributed by atoms with van der Waals surface area (Å²) in [6.07, 6.45) is 1.96. The molecule has 5 rings (SSSR count). The summed E-state index contributed by atoms with van der Waals surface area (Å²) in [6, 6.07) is 22.6. The number of sulfone groups is 1. The largest absolute Gasteiger partial charge is 0.450 e. The van der Waals surface area contributed by atoms with Gasteiger partial charge in [0.05, 0.1) is 23.6 Å². The highest BCUT2D eigenvalue weighted by Gasteiger charge is 2.62. The molecular formula is C26H21FN2O5S. The molecule has 0 saturated carbocycles. The van der Waals surface area contributed by atoms with Gasteiger partial charge in [-0.2, -0.15) is 0 Å². The van der Waals surface area contributed by atoms with Crippen molar-refractivity contribution in [2.45, 2.75) is 17.1 Å². The third kappa shape index (κ3) is 4.23. The Bertz CT molecular complexity index is 1360. The average Bonchev–Trinajstić information content (AvgIpc) is 2.87.